The molecule has 2 fully saturated rings. The van der Waals surface area contributed by atoms with Crippen molar-refractivity contribution in [2.75, 3.05) is 6.54 Å². The second-order valence-corrected chi connectivity index (χ2v) is 9.56. The summed E-state index contributed by atoms with van der Waals surface area (Å²) in [4.78, 5) is 40.7. The van der Waals surface area contributed by atoms with Gasteiger partial charge in [0, 0.05) is 6.42 Å². The smallest absolute Gasteiger partial charge is 0.325 e. The first-order valence-corrected chi connectivity index (χ1v) is 12.1. The summed E-state index contributed by atoms with van der Waals surface area (Å²) in [5, 5.41) is 8.92. The lowest BCUT2D eigenvalue weighted by Crippen LogP contribution is -2.48. The molecule has 3 heterocycles. The van der Waals surface area contributed by atoms with Gasteiger partial charge in [0.1, 0.15) is 23.9 Å². The molecule has 8 heteroatoms. The molecule has 0 radical (unpaired) electrons. The third kappa shape index (κ3) is 4.13. The molecule has 1 aromatic carbocycles. The fourth-order valence-electron chi connectivity index (χ4n) is 5.24. The molecule has 8 nitrogen and oxygen atoms in total. The zero-order valence-electron chi connectivity index (χ0n) is 19.5. The number of hydrogen-bond acceptors (Lipinski definition) is 5. The van der Waals surface area contributed by atoms with E-state index in [1.165, 1.54) is 5.01 Å². The van der Waals surface area contributed by atoms with Gasteiger partial charge in [-0.15, -0.1) is 0 Å². The van der Waals surface area contributed by atoms with Gasteiger partial charge in [-0.05, 0) is 37.5 Å². The van der Waals surface area contributed by atoms with Crippen LogP contribution < -0.4 is 5.32 Å². The summed E-state index contributed by atoms with van der Waals surface area (Å²) in [5.74, 6) is -0.0768. The van der Waals surface area contributed by atoms with E-state index in [1.807, 2.05) is 37.3 Å². The van der Waals surface area contributed by atoms with Gasteiger partial charge in [0.05, 0.1) is 12.0 Å². The van der Waals surface area contributed by atoms with Crippen LogP contribution in [-0.2, 0) is 9.59 Å². The van der Waals surface area contributed by atoms with E-state index in [0.29, 0.717) is 25.0 Å². The number of rotatable bonds is 4. The number of imide groups is 1. The first kappa shape index (κ1) is 22.4. The maximum absolute atomic E-state index is 13.4. The number of nitrogens with zero attached hydrogens (tertiary/aromatic N) is 3. The fourth-order valence-corrected chi connectivity index (χ4v) is 5.24. The summed E-state index contributed by atoms with van der Waals surface area (Å²) in [6.45, 7) is 1.68. The number of hydrogen-bond donors (Lipinski definition) is 1. The lowest BCUT2D eigenvalue weighted by Gasteiger charge is -2.28. The number of carbonyl (C=O) groups excluding carboxylic acids is 3. The van der Waals surface area contributed by atoms with E-state index in [4.69, 9.17) is 4.42 Å². The summed E-state index contributed by atoms with van der Waals surface area (Å²) < 4.78 is 5.60. The van der Waals surface area contributed by atoms with Crippen molar-refractivity contribution in [2.45, 2.75) is 69.9 Å². The Kier molecular flexibility index (Phi) is 5.98. The van der Waals surface area contributed by atoms with Gasteiger partial charge in [0.15, 0.2) is 0 Å². The molecule has 1 unspecified atom stereocenters. The van der Waals surface area contributed by atoms with E-state index in [9.17, 15) is 14.4 Å². The zero-order chi connectivity index (χ0) is 23.7. The van der Waals surface area contributed by atoms with Crippen LogP contribution in [0.4, 0.5) is 4.79 Å². The summed E-state index contributed by atoms with van der Waals surface area (Å²) in [6, 6.07) is 10.7. The van der Waals surface area contributed by atoms with Crippen LogP contribution in [0.25, 0.3) is 0 Å². The lowest BCUT2D eigenvalue weighted by molar-refractivity contribution is -0.140. The van der Waals surface area contributed by atoms with Gasteiger partial charge in [0.2, 0.25) is 0 Å². The average Bonchev–Trinajstić information content (AvgIpc) is 3.53. The first-order chi connectivity index (χ1) is 16.5. The van der Waals surface area contributed by atoms with Crippen molar-refractivity contribution in [1.82, 2.24) is 15.2 Å². The van der Waals surface area contributed by atoms with E-state index in [-0.39, 0.29) is 12.5 Å². The highest BCUT2D eigenvalue weighted by atomic mass is 16.3. The number of urea groups is 1. The Morgan fingerprint density at radius 3 is 2.47 bits per heavy atom. The molecule has 178 valence electrons. The number of nitrogens with one attached hydrogen (secondary N) is 1. The Labute approximate surface area is 199 Å². The third-order valence-electron chi connectivity index (χ3n) is 7.17. The topological polar surface area (TPSA) is 95.2 Å². The van der Waals surface area contributed by atoms with Gasteiger partial charge in [0.25, 0.3) is 11.8 Å². The molecule has 1 aromatic heterocycles. The Morgan fingerprint density at radius 2 is 1.79 bits per heavy atom. The quantitative estimate of drug-likeness (QED) is 0.686. The molecule has 5 rings (SSSR count). The van der Waals surface area contributed by atoms with E-state index in [2.05, 4.69) is 10.4 Å². The zero-order valence-corrected chi connectivity index (χ0v) is 19.5. The molecule has 3 aliphatic rings. The minimum Gasteiger partial charge on any atom is -0.467 e. The Bertz CT molecular complexity index is 1100. The lowest BCUT2D eigenvalue weighted by atomic mass is 9.84. The maximum atomic E-state index is 13.4. The van der Waals surface area contributed by atoms with Crippen LogP contribution in [0.2, 0.25) is 0 Å². The van der Waals surface area contributed by atoms with Crippen molar-refractivity contribution < 1.29 is 18.8 Å². The molecule has 0 bridgehead atoms. The Hall–Kier alpha value is -3.42. The van der Waals surface area contributed by atoms with E-state index < -0.39 is 23.5 Å². The van der Waals surface area contributed by atoms with E-state index in [0.717, 1.165) is 53.8 Å². The predicted molar refractivity (Wildman–Crippen MR) is 126 cm³/mol. The summed E-state index contributed by atoms with van der Waals surface area (Å²) in [7, 11) is 0. The molecule has 4 amide bonds. The number of aryl methyl sites for hydroxylation is 1. The first-order valence-electron chi connectivity index (χ1n) is 12.1. The van der Waals surface area contributed by atoms with Gasteiger partial charge in [-0.25, -0.2) is 9.80 Å². The highest BCUT2D eigenvalue weighted by Gasteiger charge is 2.51. The van der Waals surface area contributed by atoms with Crippen LogP contribution in [0.1, 0.15) is 74.3 Å². The van der Waals surface area contributed by atoms with Crippen LogP contribution in [-0.4, -0.2) is 45.5 Å². The Morgan fingerprint density at radius 1 is 1.09 bits per heavy atom. The molecular formula is C26H30N4O4. The largest absolute Gasteiger partial charge is 0.467 e. The van der Waals surface area contributed by atoms with Crippen LogP contribution in [0.3, 0.4) is 0 Å². The van der Waals surface area contributed by atoms with Crippen LogP contribution in [0, 0.1) is 6.92 Å². The minimum atomic E-state index is -0.875. The summed E-state index contributed by atoms with van der Waals surface area (Å²) in [5.41, 5.74) is 1.96. The molecule has 1 spiro atoms. The van der Waals surface area contributed by atoms with Crippen molar-refractivity contribution in [3.63, 3.8) is 0 Å². The van der Waals surface area contributed by atoms with Gasteiger partial charge >= 0.3 is 6.03 Å². The molecule has 2 aromatic rings. The number of carbonyl (C=O) groups is 3. The standard InChI is InChI=1S/C26H30N4O4/c1-18-9-11-19(12-10-18)20-16-21(22-8-7-15-34-22)30(28-20)23(31)17-29-24(32)26(27-25(29)33)13-5-3-2-4-6-14-26/h7-12,15,21H,2-6,13-14,16-17H2,1H3,(H,27,33). The van der Waals surface area contributed by atoms with Crippen molar-refractivity contribution in [1.29, 1.82) is 0 Å². The van der Waals surface area contributed by atoms with Crippen LogP contribution in [0.15, 0.2) is 52.2 Å². The minimum absolute atomic E-state index is 0.288. The van der Waals surface area contributed by atoms with Crippen LogP contribution in [0.5, 0.6) is 0 Å². The Balaban J connectivity index is 1.37. The highest BCUT2D eigenvalue weighted by Crippen LogP contribution is 2.35. The number of amides is 4. The van der Waals surface area contributed by atoms with Crippen molar-refractivity contribution >= 4 is 23.6 Å². The second-order valence-electron chi connectivity index (χ2n) is 9.56. The summed E-state index contributed by atoms with van der Waals surface area (Å²) in [6.07, 6.45) is 8.36. The van der Waals surface area contributed by atoms with Gasteiger partial charge in [-0.3, -0.25) is 14.5 Å². The van der Waals surface area contributed by atoms with Crippen molar-refractivity contribution in [3.8, 4) is 0 Å². The normalized spacial score (nSPS) is 22.5. The molecular weight excluding hydrogens is 432 g/mol. The number of benzene rings is 1. The molecule has 34 heavy (non-hydrogen) atoms. The monoisotopic (exact) mass is 462 g/mol. The van der Waals surface area contributed by atoms with Gasteiger partial charge in [-0.1, -0.05) is 61.9 Å². The van der Waals surface area contributed by atoms with Crippen LogP contribution >= 0.6 is 0 Å². The summed E-state index contributed by atoms with van der Waals surface area (Å²) >= 11 is 0. The molecule has 1 saturated heterocycles. The highest BCUT2D eigenvalue weighted by molar-refractivity contribution is 6.09. The molecule has 1 aliphatic carbocycles. The average molecular weight is 463 g/mol. The number of furan rings is 1. The molecule has 1 N–H and O–H groups in total. The fraction of sp³-hybridized carbons (Fsp3) is 0.462. The predicted octanol–water partition coefficient (Wildman–Crippen LogP) is 4.30. The van der Waals surface area contributed by atoms with Gasteiger partial charge < -0.3 is 9.73 Å². The van der Waals surface area contributed by atoms with Crippen molar-refractivity contribution in [2.24, 2.45) is 5.10 Å². The SMILES string of the molecule is Cc1ccc(C2=NN(C(=O)CN3C(=O)NC4(CCCCCCC4)C3=O)C(c3ccco3)C2)cc1. The second kappa shape index (κ2) is 9.08. The van der Waals surface area contributed by atoms with Gasteiger partial charge in [-0.2, -0.15) is 5.10 Å². The molecule has 2 aliphatic heterocycles. The third-order valence-corrected chi connectivity index (χ3v) is 7.17. The van der Waals surface area contributed by atoms with E-state index in [1.54, 1.807) is 12.3 Å². The molecule has 1 saturated carbocycles. The van der Waals surface area contributed by atoms with E-state index >= 15 is 0 Å². The maximum Gasteiger partial charge on any atom is 0.325 e. The van der Waals surface area contributed by atoms with Crippen molar-refractivity contribution in [3.05, 3.63) is 59.5 Å². The number of hydrazone groups is 1. The molecule has 1 atom stereocenters.